The Balaban J connectivity index is 3.62. The van der Waals surface area contributed by atoms with E-state index in [1.165, 1.54) is 25.7 Å². The van der Waals surface area contributed by atoms with E-state index >= 15 is 0 Å². The lowest BCUT2D eigenvalue weighted by molar-refractivity contribution is 0.196. The summed E-state index contributed by atoms with van der Waals surface area (Å²) in [5.74, 6) is 1.72. The van der Waals surface area contributed by atoms with E-state index in [0.717, 1.165) is 31.5 Å². The lowest BCUT2D eigenvalue weighted by atomic mass is 9.91. The van der Waals surface area contributed by atoms with Crippen LogP contribution in [0.1, 0.15) is 46.5 Å². The smallest absolute Gasteiger partial charge is 0.0587 e. The van der Waals surface area contributed by atoms with E-state index in [-0.39, 0.29) is 0 Å². The molecule has 0 heterocycles. The van der Waals surface area contributed by atoms with Crippen molar-refractivity contribution in [3.8, 4) is 0 Å². The molecule has 0 aliphatic rings. The van der Waals surface area contributed by atoms with Crippen LogP contribution in [0.3, 0.4) is 0 Å². The Kier molecular flexibility index (Phi) is 10.4. The van der Waals surface area contributed by atoms with Crippen molar-refractivity contribution in [1.29, 1.82) is 0 Å². The molecule has 0 aromatic rings. The van der Waals surface area contributed by atoms with Crippen LogP contribution in [0.5, 0.6) is 0 Å². The van der Waals surface area contributed by atoms with E-state index in [2.05, 4.69) is 26.1 Å². The first kappa shape index (κ1) is 14.9. The molecule has 0 aromatic heterocycles. The standard InChI is InChI=1S/C13H29NO/c1-5-7-13(10-12(3)6-2)11-14-8-9-15-4/h12-14H,5-11H2,1-4H3. The van der Waals surface area contributed by atoms with Gasteiger partial charge < -0.3 is 10.1 Å². The van der Waals surface area contributed by atoms with Crippen molar-refractivity contribution < 1.29 is 4.74 Å². The molecule has 2 heteroatoms. The molecule has 2 atom stereocenters. The molecule has 0 saturated heterocycles. The number of hydrogen-bond donors (Lipinski definition) is 1. The second kappa shape index (κ2) is 10.4. The van der Waals surface area contributed by atoms with Gasteiger partial charge in [0.1, 0.15) is 0 Å². The van der Waals surface area contributed by atoms with Gasteiger partial charge in [-0.25, -0.2) is 0 Å². The van der Waals surface area contributed by atoms with E-state index in [9.17, 15) is 0 Å². The molecule has 0 aromatic carbocycles. The summed E-state index contributed by atoms with van der Waals surface area (Å²) in [6.45, 7) is 9.88. The Morgan fingerprint density at radius 1 is 1.27 bits per heavy atom. The molecule has 0 bridgehead atoms. The molecule has 0 aliphatic heterocycles. The molecule has 0 spiro atoms. The number of ether oxygens (including phenoxy) is 1. The van der Waals surface area contributed by atoms with Gasteiger partial charge >= 0.3 is 0 Å². The number of methoxy groups -OCH3 is 1. The molecule has 15 heavy (non-hydrogen) atoms. The minimum Gasteiger partial charge on any atom is -0.383 e. The first-order valence-corrected chi connectivity index (χ1v) is 6.44. The molecule has 0 aliphatic carbocycles. The van der Waals surface area contributed by atoms with Gasteiger partial charge in [0.15, 0.2) is 0 Å². The maximum Gasteiger partial charge on any atom is 0.0587 e. The fourth-order valence-electron chi connectivity index (χ4n) is 1.93. The van der Waals surface area contributed by atoms with Gasteiger partial charge in [-0.2, -0.15) is 0 Å². The van der Waals surface area contributed by atoms with E-state index in [4.69, 9.17) is 4.74 Å². The highest BCUT2D eigenvalue weighted by Crippen LogP contribution is 2.18. The van der Waals surface area contributed by atoms with Crippen LogP contribution >= 0.6 is 0 Å². The summed E-state index contributed by atoms with van der Waals surface area (Å²) in [6, 6.07) is 0. The van der Waals surface area contributed by atoms with E-state index in [1.54, 1.807) is 7.11 Å². The van der Waals surface area contributed by atoms with Crippen molar-refractivity contribution in [2.45, 2.75) is 46.5 Å². The van der Waals surface area contributed by atoms with Crippen LogP contribution in [-0.2, 0) is 4.74 Å². The molecule has 1 N–H and O–H groups in total. The largest absolute Gasteiger partial charge is 0.383 e. The lowest BCUT2D eigenvalue weighted by Gasteiger charge is -2.20. The average Bonchev–Trinajstić information content (AvgIpc) is 2.24. The summed E-state index contributed by atoms with van der Waals surface area (Å²) in [7, 11) is 1.75. The normalized spacial score (nSPS) is 15.2. The summed E-state index contributed by atoms with van der Waals surface area (Å²) in [5.41, 5.74) is 0. The zero-order valence-electron chi connectivity index (χ0n) is 11.0. The minimum atomic E-state index is 0.822. The summed E-state index contributed by atoms with van der Waals surface area (Å²) >= 11 is 0. The fraction of sp³-hybridized carbons (Fsp3) is 1.00. The van der Waals surface area contributed by atoms with Gasteiger partial charge in [-0.1, -0.05) is 33.6 Å². The molecule has 92 valence electrons. The SMILES string of the molecule is CCCC(CNCCOC)CC(C)CC. The van der Waals surface area contributed by atoms with Crippen LogP contribution in [0.25, 0.3) is 0 Å². The second-order valence-corrected chi connectivity index (χ2v) is 4.60. The molecule has 2 nitrogen and oxygen atoms in total. The van der Waals surface area contributed by atoms with Crippen LogP contribution in [0, 0.1) is 11.8 Å². The topological polar surface area (TPSA) is 21.3 Å². The van der Waals surface area contributed by atoms with Gasteiger partial charge in [0, 0.05) is 13.7 Å². The van der Waals surface area contributed by atoms with Gasteiger partial charge in [0.2, 0.25) is 0 Å². The minimum absolute atomic E-state index is 0.822. The van der Waals surface area contributed by atoms with Crippen LogP contribution in [0.2, 0.25) is 0 Å². The van der Waals surface area contributed by atoms with E-state index in [1.807, 2.05) is 0 Å². The Labute approximate surface area is 95.8 Å². The quantitative estimate of drug-likeness (QED) is 0.565. The fourth-order valence-corrected chi connectivity index (χ4v) is 1.93. The number of rotatable bonds is 10. The summed E-state index contributed by atoms with van der Waals surface area (Å²) in [4.78, 5) is 0. The third-order valence-electron chi connectivity index (χ3n) is 3.05. The molecule has 0 rings (SSSR count). The summed E-state index contributed by atoms with van der Waals surface area (Å²) in [5, 5.41) is 3.48. The molecule has 0 amide bonds. The Bertz CT molecular complexity index is 128. The van der Waals surface area contributed by atoms with Crippen LogP contribution < -0.4 is 5.32 Å². The summed E-state index contributed by atoms with van der Waals surface area (Å²) < 4.78 is 5.02. The molecule has 0 fully saturated rings. The van der Waals surface area contributed by atoms with Crippen molar-refractivity contribution in [3.05, 3.63) is 0 Å². The monoisotopic (exact) mass is 215 g/mol. The Morgan fingerprint density at radius 2 is 2.00 bits per heavy atom. The highest BCUT2D eigenvalue weighted by atomic mass is 16.5. The third-order valence-corrected chi connectivity index (χ3v) is 3.05. The molecular formula is C13H29NO. The first-order valence-electron chi connectivity index (χ1n) is 6.44. The highest BCUT2D eigenvalue weighted by molar-refractivity contribution is 4.65. The van der Waals surface area contributed by atoms with Gasteiger partial charge in [-0.3, -0.25) is 0 Å². The van der Waals surface area contributed by atoms with Crippen molar-refractivity contribution in [2.75, 3.05) is 26.8 Å². The van der Waals surface area contributed by atoms with E-state index < -0.39 is 0 Å². The zero-order valence-corrected chi connectivity index (χ0v) is 11.0. The van der Waals surface area contributed by atoms with Crippen molar-refractivity contribution in [3.63, 3.8) is 0 Å². The predicted octanol–water partition coefficient (Wildman–Crippen LogP) is 3.07. The summed E-state index contributed by atoms with van der Waals surface area (Å²) in [6.07, 6.45) is 5.32. The van der Waals surface area contributed by atoms with Gasteiger partial charge in [0.05, 0.1) is 6.61 Å². The van der Waals surface area contributed by atoms with E-state index in [0.29, 0.717) is 0 Å². The van der Waals surface area contributed by atoms with Crippen LogP contribution in [-0.4, -0.2) is 26.8 Å². The Morgan fingerprint density at radius 3 is 2.53 bits per heavy atom. The van der Waals surface area contributed by atoms with Crippen LogP contribution in [0.4, 0.5) is 0 Å². The highest BCUT2D eigenvalue weighted by Gasteiger charge is 2.10. The van der Waals surface area contributed by atoms with Crippen molar-refractivity contribution in [2.24, 2.45) is 11.8 Å². The van der Waals surface area contributed by atoms with Crippen molar-refractivity contribution >= 4 is 0 Å². The van der Waals surface area contributed by atoms with Crippen molar-refractivity contribution in [1.82, 2.24) is 5.32 Å². The third kappa shape index (κ3) is 8.88. The van der Waals surface area contributed by atoms with Gasteiger partial charge in [-0.05, 0) is 31.2 Å². The molecule has 0 radical (unpaired) electrons. The van der Waals surface area contributed by atoms with Crippen LogP contribution in [0.15, 0.2) is 0 Å². The maximum absolute atomic E-state index is 5.02. The number of hydrogen-bond acceptors (Lipinski definition) is 2. The molecular weight excluding hydrogens is 186 g/mol. The molecule has 2 unspecified atom stereocenters. The zero-order chi connectivity index (χ0) is 11.5. The maximum atomic E-state index is 5.02. The number of nitrogens with one attached hydrogen (secondary N) is 1. The van der Waals surface area contributed by atoms with Gasteiger partial charge in [0.25, 0.3) is 0 Å². The first-order chi connectivity index (χ1) is 7.24. The Hall–Kier alpha value is -0.0800. The lowest BCUT2D eigenvalue weighted by Crippen LogP contribution is -2.27. The second-order valence-electron chi connectivity index (χ2n) is 4.60. The molecule has 0 saturated carbocycles. The average molecular weight is 215 g/mol. The van der Waals surface area contributed by atoms with Gasteiger partial charge in [-0.15, -0.1) is 0 Å². The predicted molar refractivity (Wildman–Crippen MR) is 67.2 cm³/mol.